The summed E-state index contributed by atoms with van der Waals surface area (Å²) in [6, 6.07) is 20.1. The fourth-order valence-electron chi connectivity index (χ4n) is 7.00. The minimum atomic E-state index is -0.660. The molecule has 0 aliphatic carbocycles. The summed E-state index contributed by atoms with van der Waals surface area (Å²) in [5.41, 5.74) is 13.5. The number of imidazole rings is 2. The molecule has 3 unspecified atom stereocenters. The molecule has 0 radical (unpaired) electrons. The van der Waals surface area contributed by atoms with Gasteiger partial charge in [0.05, 0.1) is 41.3 Å². The number of carbonyl (C=O) groups excluding carboxylic acids is 3. The number of nitrogens with two attached hydrogens (primary N) is 1. The lowest BCUT2D eigenvalue weighted by Gasteiger charge is -2.29. The van der Waals surface area contributed by atoms with Gasteiger partial charge < -0.3 is 30.7 Å². The number of aryl methyl sites for hydroxylation is 1. The summed E-state index contributed by atoms with van der Waals surface area (Å²) in [4.78, 5) is 56.2. The minimum absolute atomic E-state index is 0.0789. The molecule has 3 aromatic carbocycles. The number of ether oxygens (including phenoxy) is 1. The van der Waals surface area contributed by atoms with Crippen molar-refractivity contribution in [3.05, 3.63) is 72.3 Å². The monoisotopic (exact) mass is 708 g/mol. The molecule has 1 aliphatic rings. The van der Waals surface area contributed by atoms with Crippen molar-refractivity contribution in [2.24, 2.45) is 17.6 Å². The highest BCUT2D eigenvalue weighted by Gasteiger charge is 2.37. The van der Waals surface area contributed by atoms with Gasteiger partial charge in [0, 0.05) is 13.0 Å². The smallest absolute Gasteiger partial charge is 0.407 e. The molecule has 0 spiro atoms. The van der Waals surface area contributed by atoms with Crippen molar-refractivity contribution in [1.29, 1.82) is 0 Å². The SMILES string of the molecule is CC(C)C(C(N)=O)N(C)C.CCc1nc2ccc(-c3ccc(-c4ccc5nc(C6CCCN6C(=O)C(NC(=O)OC)C(C)C)[nH]c5c4)cc3)cc2[nH]1. The summed E-state index contributed by atoms with van der Waals surface area (Å²) < 4.78 is 4.75. The molecule has 2 aromatic heterocycles. The first-order valence-corrected chi connectivity index (χ1v) is 18.0. The predicted molar refractivity (Wildman–Crippen MR) is 205 cm³/mol. The van der Waals surface area contributed by atoms with E-state index in [0.29, 0.717) is 6.54 Å². The van der Waals surface area contributed by atoms with Crippen LogP contribution in [0.1, 0.15) is 65.2 Å². The number of primary amides is 1. The lowest BCUT2D eigenvalue weighted by molar-refractivity contribution is -0.135. The Morgan fingerprint density at radius 2 is 1.44 bits per heavy atom. The molecule has 12 nitrogen and oxygen atoms in total. The topological polar surface area (TPSA) is 162 Å². The first-order valence-electron chi connectivity index (χ1n) is 18.0. The van der Waals surface area contributed by atoms with Crippen LogP contribution in [0.5, 0.6) is 0 Å². The molecule has 1 fully saturated rings. The first kappa shape index (κ1) is 38.0. The number of H-pyrrole nitrogens is 2. The van der Waals surface area contributed by atoms with Gasteiger partial charge in [-0.15, -0.1) is 0 Å². The van der Waals surface area contributed by atoms with E-state index in [9.17, 15) is 14.4 Å². The summed E-state index contributed by atoms with van der Waals surface area (Å²) >= 11 is 0. The maximum Gasteiger partial charge on any atom is 0.407 e. The number of carbonyl (C=O) groups is 3. The third kappa shape index (κ3) is 8.45. The van der Waals surface area contributed by atoms with E-state index < -0.39 is 12.1 Å². The zero-order valence-corrected chi connectivity index (χ0v) is 31.5. The van der Waals surface area contributed by atoms with E-state index in [1.54, 1.807) is 0 Å². The summed E-state index contributed by atoms with van der Waals surface area (Å²) in [5.74, 6) is 1.61. The zero-order valence-electron chi connectivity index (χ0n) is 31.5. The fraction of sp³-hybridized carbons (Fsp3) is 0.425. The molecule has 0 saturated carbocycles. The number of nitrogens with zero attached hydrogens (tertiary/aromatic N) is 4. The molecule has 3 atom stereocenters. The maximum atomic E-state index is 13.5. The Labute approximate surface area is 305 Å². The lowest BCUT2D eigenvalue weighted by Crippen LogP contribution is -2.51. The van der Waals surface area contributed by atoms with Crippen LogP contribution in [-0.4, -0.2) is 87.5 Å². The molecule has 6 rings (SSSR count). The molecule has 1 aliphatic heterocycles. The van der Waals surface area contributed by atoms with Gasteiger partial charge in [0.25, 0.3) is 0 Å². The molecule has 3 amide bonds. The number of hydrogen-bond acceptors (Lipinski definition) is 7. The third-order valence-electron chi connectivity index (χ3n) is 9.64. The number of fused-ring (bicyclic) bond motifs is 2. The van der Waals surface area contributed by atoms with Crippen LogP contribution < -0.4 is 11.1 Å². The predicted octanol–water partition coefficient (Wildman–Crippen LogP) is 6.44. The van der Waals surface area contributed by atoms with Gasteiger partial charge in [-0.05, 0) is 85.3 Å². The maximum absolute atomic E-state index is 13.5. The van der Waals surface area contributed by atoms with Gasteiger partial charge in [0.2, 0.25) is 11.8 Å². The van der Waals surface area contributed by atoms with Gasteiger partial charge in [0.15, 0.2) is 0 Å². The summed E-state index contributed by atoms with van der Waals surface area (Å²) in [6.07, 6.45) is 1.96. The molecule has 12 heteroatoms. The Morgan fingerprint density at radius 1 is 0.885 bits per heavy atom. The average Bonchev–Trinajstić information content (AvgIpc) is 3.87. The van der Waals surface area contributed by atoms with Crippen LogP contribution in [0.2, 0.25) is 0 Å². The number of methoxy groups -OCH3 is 1. The quantitative estimate of drug-likeness (QED) is 0.130. The average molecular weight is 709 g/mol. The summed E-state index contributed by atoms with van der Waals surface area (Å²) in [6.45, 7) is 10.5. The molecule has 52 heavy (non-hydrogen) atoms. The van der Waals surface area contributed by atoms with Crippen LogP contribution >= 0.6 is 0 Å². The van der Waals surface area contributed by atoms with Crippen molar-refractivity contribution in [2.45, 2.75) is 72.0 Å². The second-order valence-electron chi connectivity index (χ2n) is 14.3. The Hall–Kier alpha value is -5.23. The van der Waals surface area contributed by atoms with E-state index in [2.05, 4.69) is 81.8 Å². The molecular weight excluding hydrogens is 656 g/mol. The van der Waals surface area contributed by atoms with Crippen LogP contribution in [0.3, 0.4) is 0 Å². The van der Waals surface area contributed by atoms with E-state index in [4.69, 9.17) is 15.5 Å². The number of aromatic nitrogens is 4. The number of nitrogens with one attached hydrogen (secondary N) is 3. The Bertz CT molecular complexity index is 2010. The van der Waals surface area contributed by atoms with Crippen LogP contribution in [0.4, 0.5) is 4.79 Å². The van der Waals surface area contributed by atoms with Crippen LogP contribution in [0.25, 0.3) is 44.3 Å². The Kier molecular flexibility index (Phi) is 12.0. The van der Waals surface area contributed by atoms with Crippen molar-refractivity contribution in [3.63, 3.8) is 0 Å². The largest absolute Gasteiger partial charge is 0.453 e. The highest BCUT2D eigenvalue weighted by atomic mass is 16.5. The van der Waals surface area contributed by atoms with Crippen molar-refractivity contribution >= 4 is 40.0 Å². The van der Waals surface area contributed by atoms with Gasteiger partial charge in [-0.2, -0.15) is 0 Å². The Balaban J connectivity index is 0.000000459. The standard InChI is InChI=1S/C33H36N6O3.C7H16N2O/c1-5-29-34-24-14-12-22(17-26(24)35-29)20-8-10-21(11-9-20)23-13-15-25-27(18-23)37-31(36-25)28-7-6-16-39(28)32(40)30(19(2)3)38-33(41)42-4;1-5(2)6(7(8)10)9(3)4/h8-15,17-19,28,30H,5-7,16H2,1-4H3,(H,34,35)(H,36,37)(H,38,41);5-6H,1-4H3,(H2,8,10). The van der Waals surface area contributed by atoms with Crippen molar-refractivity contribution in [2.75, 3.05) is 27.7 Å². The van der Waals surface area contributed by atoms with Crippen LogP contribution in [0, 0.1) is 11.8 Å². The second-order valence-corrected chi connectivity index (χ2v) is 14.3. The number of hydrogen-bond donors (Lipinski definition) is 4. The van der Waals surface area contributed by atoms with Crippen LogP contribution in [0.15, 0.2) is 60.7 Å². The van der Waals surface area contributed by atoms with E-state index in [1.165, 1.54) is 7.11 Å². The molecule has 5 aromatic rings. The number of amides is 3. The number of alkyl carbamates (subject to hydrolysis) is 1. The first-order chi connectivity index (χ1) is 24.8. The van der Waals surface area contributed by atoms with E-state index in [1.807, 2.05) is 57.7 Å². The van der Waals surface area contributed by atoms with Crippen LogP contribution in [-0.2, 0) is 20.7 Å². The lowest BCUT2D eigenvalue weighted by atomic mass is 10.00. The number of rotatable bonds is 10. The van der Waals surface area contributed by atoms with E-state index in [-0.39, 0.29) is 35.7 Å². The normalized spacial score (nSPS) is 15.6. The van der Waals surface area contributed by atoms with Gasteiger partial charge >= 0.3 is 6.09 Å². The summed E-state index contributed by atoms with van der Waals surface area (Å²) in [7, 11) is 5.01. The highest BCUT2D eigenvalue weighted by molar-refractivity contribution is 5.87. The molecular formula is C40H52N8O4. The number of benzene rings is 3. The van der Waals surface area contributed by atoms with Crippen molar-refractivity contribution in [3.8, 4) is 22.3 Å². The second kappa shape index (κ2) is 16.4. The number of likely N-dealkylation sites (N-methyl/N-ethyl adjacent to an activating group) is 1. The molecule has 1 saturated heterocycles. The van der Waals surface area contributed by atoms with Crippen molar-refractivity contribution in [1.82, 2.24) is 35.1 Å². The fourth-order valence-corrected chi connectivity index (χ4v) is 7.00. The van der Waals surface area contributed by atoms with Crippen molar-refractivity contribution < 1.29 is 19.1 Å². The minimum Gasteiger partial charge on any atom is -0.453 e. The van der Waals surface area contributed by atoms with E-state index in [0.717, 1.165) is 75.2 Å². The third-order valence-corrected chi connectivity index (χ3v) is 9.64. The van der Waals surface area contributed by atoms with Gasteiger partial charge in [-0.1, -0.05) is 71.0 Å². The number of aromatic amines is 2. The molecule has 0 bridgehead atoms. The molecule has 5 N–H and O–H groups in total. The molecule has 3 heterocycles. The van der Waals surface area contributed by atoms with E-state index >= 15 is 0 Å². The Morgan fingerprint density at radius 3 is 1.92 bits per heavy atom. The molecule has 276 valence electrons. The number of likely N-dealkylation sites (tertiary alicyclic amines) is 1. The highest BCUT2D eigenvalue weighted by Crippen LogP contribution is 2.34. The summed E-state index contributed by atoms with van der Waals surface area (Å²) in [5, 5.41) is 2.71. The van der Waals surface area contributed by atoms with Gasteiger partial charge in [-0.3, -0.25) is 14.5 Å². The van der Waals surface area contributed by atoms with Gasteiger partial charge in [0.1, 0.15) is 17.7 Å². The zero-order chi connectivity index (χ0) is 37.7. The van der Waals surface area contributed by atoms with Gasteiger partial charge in [-0.25, -0.2) is 14.8 Å².